The van der Waals surface area contributed by atoms with E-state index in [2.05, 4.69) is 12.2 Å². The van der Waals surface area contributed by atoms with Gasteiger partial charge in [0, 0.05) is 36.5 Å². The highest BCUT2D eigenvalue weighted by molar-refractivity contribution is 5.89. The number of benzene rings is 2. The van der Waals surface area contributed by atoms with Gasteiger partial charge >= 0.3 is 0 Å². The molecule has 0 unspecified atom stereocenters. The van der Waals surface area contributed by atoms with Gasteiger partial charge in [-0.2, -0.15) is 5.10 Å². The number of rotatable bonds is 9. The molecule has 0 aliphatic heterocycles. The van der Waals surface area contributed by atoms with E-state index in [0.717, 1.165) is 39.0 Å². The van der Waals surface area contributed by atoms with Crippen molar-refractivity contribution in [2.75, 3.05) is 13.6 Å². The Morgan fingerprint density at radius 2 is 1.71 bits per heavy atom. The smallest absolute Gasteiger partial charge is 0.127 e. The van der Waals surface area contributed by atoms with Crippen molar-refractivity contribution in [2.45, 2.75) is 33.7 Å². The van der Waals surface area contributed by atoms with Crippen LogP contribution in [0.4, 0.5) is 0 Å². The largest absolute Gasteiger partial charge is 0.457 e. The van der Waals surface area contributed by atoms with E-state index in [-0.39, 0.29) is 0 Å². The van der Waals surface area contributed by atoms with Gasteiger partial charge in [-0.1, -0.05) is 42.5 Å². The summed E-state index contributed by atoms with van der Waals surface area (Å²) in [5, 5.41) is 15.1. The number of hydrogen-bond acceptors (Lipinski definition) is 4. The summed E-state index contributed by atoms with van der Waals surface area (Å²) >= 11 is 0. The van der Waals surface area contributed by atoms with Gasteiger partial charge in [-0.3, -0.25) is 10.1 Å². The lowest BCUT2D eigenvalue weighted by molar-refractivity contribution is 0.439. The summed E-state index contributed by atoms with van der Waals surface area (Å²) in [6.45, 7) is 7.20. The number of hydrogen-bond donors (Lipinski definition) is 2. The summed E-state index contributed by atoms with van der Waals surface area (Å²) in [4.78, 5) is 1.91. The molecule has 182 valence electrons. The van der Waals surface area contributed by atoms with Crippen LogP contribution in [-0.2, 0) is 6.54 Å². The number of aromatic nitrogens is 2. The Kier molecular flexibility index (Phi) is 9.07. The van der Waals surface area contributed by atoms with Crippen LogP contribution >= 0.6 is 0 Å². The Hall–Kier alpha value is -4.06. The zero-order chi connectivity index (χ0) is 25.2. The van der Waals surface area contributed by atoms with Gasteiger partial charge in [0.1, 0.15) is 23.0 Å². The van der Waals surface area contributed by atoms with Gasteiger partial charge in [-0.05, 0) is 63.2 Å². The van der Waals surface area contributed by atoms with Gasteiger partial charge in [0.25, 0.3) is 0 Å². The molecular formula is C29H35N5O. The van der Waals surface area contributed by atoms with Crippen LogP contribution in [0.2, 0.25) is 0 Å². The van der Waals surface area contributed by atoms with Gasteiger partial charge in [-0.15, -0.1) is 0 Å². The van der Waals surface area contributed by atoms with E-state index >= 15 is 0 Å². The van der Waals surface area contributed by atoms with Gasteiger partial charge in [-0.25, -0.2) is 0 Å². The second kappa shape index (κ2) is 12.4. The van der Waals surface area contributed by atoms with Crippen LogP contribution in [0.3, 0.4) is 0 Å². The molecule has 0 saturated carbocycles. The van der Waals surface area contributed by atoms with E-state index in [1.165, 1.54) is 0 Å². The zero-order valence-corrected chi connectivity index (χ0v) is 21.0. The third kappa shape index (κ3) is 6.51. The number of para-hydroxylation sites is 1. The Morgan fingerprint density at radius 1 is 1.03 bits per heavy atom. The number of ether oxygens (including phenoxy) is 1. The van der Waals surface area contributed by atoms with Crippen molar-refractivity contribution in [1.82, 2.24) is 14.7 Å². The fourth-order valence-electron chi connectivity index (χ4n) is 3.76. The van der Waals surface area contributed by atoms with E-state index in [1.807, 2.05) is 104 Å². The minimum absolute atomic E-state index is 0.468. The van der Waals surface area contributed by atoms with Gasteiger partial charge in [0.15, 0.2) is 0 Å². The van der Waals surface area contributed by atoms with Crippen LogP contribution in [0, 0.1) is 5.41 Å². The molecule has 0 atom stereocenters. The quantitative estimate of drug-likeness (QED) is 0.271. The molecule has 3 aromatic rings. The highest BCUT2D eigenvalue weighted by Gasteiger charge is 2.13. The summed E-state index contributed by atoms with van der Waals surface area (Å²) in [7, 11) is 1.92. The van der Waals surface area contributed by atoms with E-state index in [9.17, 15) is 0 Å². The van der Waals surface area contributed by atoms with Crippen LogP contribution in [0.1, 0.15) is 27.2 Å². The van der Waals surface area contributed by atoms with Crippen molar-refractivity contribution in [3.63, 3.8) is 0 Å². The number of nitrogens with one attached hydrogen (secondary N) is 1. The van der Waals surface area contributed by atoms with E-state index in [4.69, 9.17) is 21.0 Å². The molecule has 0 radical (unpaired) electrons. The first-order chi connectivity index (χ1) is 17.0. The van der Waals surface area contributed by atoms with Crippen molar-refractivity contribution in [1.29, 1.82) is 5.41 Å². The van der Waals surface area contributed by atoms with Crippen LogP contribution < -0.4 is 21.0 Å². The summed E-state index contributed by atoms with van der Waals surface area (Å²) in [5.74, 6) is 2.03. The summed E-state index contributed by atoms with van der Waals surface area (Å²) in [6, 6.07) is 17.7. The van der Waals surface area contributed by atoms with Crippen molar-refractivity contribution in [2.24, 2.45) is 5.73 Å². The number of nitrogens with two attached hydrogens (primary N) is 1. The molecule has 2 aromatic carbocycles. The summed E-state index contributed by atoms with van der Waals surface area (Å²) in [5.41, 5.74) is 9.19. The highest BCUT2D eigenvalue weighted by atomic mass is 16.5. The predicted octanol–water partition coefficient (Wildman–Crippen LogP) is 4.66. The Labute approximate surface area is 207 Å². The molecule has 1 heterocycles. The predicted molar refractivity (Wildman–Crippen MR) is 146 cm³/mol. The molecule has 0 amide bonds. The molecule has 0 aliphatic carbocycles. The van der Waals surface area contributed by atoms with Crippen LogP contribution in [0.25, 0.3) is 23.0 Å². The van der Waals surface area contributed by atoms with Crippen LogP contribution in [0.5, 0.6) is 11.5 Å². The number of likely N-dealkylation sites (N-methyl/N-ethyl adjacent to an activating group) is 1. The first kappa shape index (κ1) is 25.6. The van der Waals surface area contributed by atoms with Crippen LogP contribution in [0.15, 0.2) is 78.9 Å². The molecule has 0 bridgehead atoms. The lowest BCUT2D eigenvalue weighted by Gasteiger charge is -2.17. The van der Waals surface area contributed by atoms with E-state index in [0.29, 0.717) is 25.3 Å². The molecule has 1 aromatic heterocycles. The van der Waals surface area contributed by atoms with Crippen molar-refractivity contribution < 1.29 is 4.74 Å². The molecule has 0 spiro atoms. The van der Waals surface area contributed by atoms with E-state index < -0.39 is 0 Å². The van der Waals surface area contributed by atoms with Crippen molar-refractivity contribution in [3.8, 4) is 22.8 Å². The topological polar surface area (TPSA) is 80.2 Å². The van der Waals surface area contributed by atoms with Gasteiger partial charge in [0.2, 0.25) is 0 Å². The van der Waals surface area contributed by atoms with Gasteiger partial charge in [0.05, 0.1) is 11.9 Å². The average molecular weight is 470 g/mol. The maximum absolute atomic E-state index is 8.14. The molecule has 0 saturated heterocycles. The fraction of sp³-hybridized carbons (Fsp3) is 0.241. The lowest BCUT2D eigenvalue weighted by atomic mass is 10.1. The van der Waals surface area contributed by atoms with Gasteiger partial charge < -0.3 is 15.4 Å². The lowest BCUT2D eigenvalue weighted by Crippen LogP contribution is -2.36. The third-order valence-corrected chi connectivity index (χ3v) is 5.65. The average Bonchev–Trinajstić information content (AvgIpc) is 3.25. The summed E-state index contributed by atoms with van der Waals surface area (Å²) in [6.07, 6.45) is 10.4. The van der Waals surface area contributed by atoms with E-state index in [1.54, 1.807) is 6.08 Å². The molecular weight excluding hydrogens is 434 g/mol. The maximum Gasteiger partial charge on any atom is 0.127 e. The second-order valence-electron chi connectivity index (χ2n) is 8.17. The Morgan fingerprint density at radius 3 is 2.34 bits per heavy atom. The Balaban J connectivity index is 2.00. The normalized spacial score (nSPS) is 13.0. The molecule has 6 nitrogen and oxygen atoms in total. The number of amidine groups is 1. The van der Waals surface area contributed by atoms with Crippen molar-refractivity contribution >= 4 is 17.6 Å². The molecule has 6 heteroatoms. The SMILES string of the molecule is C/C=C\C/C(N)=c1/c(-c2ccc(Oc3ccccc3)cc2)nn(CCN(C)C(=N)/C=C/C)/c1=C\C. The standard InChI is InChI=1S/C29H35N5O/c1-5-8-15-25(30)28-26(7-3)34(21-20-33(4)27(31)12-6-2)32-29(28)22-16-18-24(19-17-22)35-23-13-10-9-11-14-23/h5-14,16-19,31H,15,20-21,30H2,1-4H3/b8-5-,12-6+,26-7-,28-25-,31-27?. The molecule has 0 fully saturated rings. The van der Waals surface area contributed by atoms with Crippen molar-refractivity contribution in [3.05, 3.63) is 89.5 Å². The monoisotopic (exact) mass is 469 g/mol. The molecule has 0 aliphatic rings. The first-order valence-corrected chi connectivity index (χ1v) is 11.9. The second-order valence-corrected chi connectivity index (χ2v) is 8.17. The minimum Gasteiger partial charge on any atom is -0.457 e. The van der Waals surface area contributed by atoms with Crippen LogP contribution in [-0.4, -0.2) is 34.1 Å². The number of allylic oxidation sites excluding steroid dienone is 2. The third-order valence-electron chi connectivity index (χ3n) is 5.65. The maximum atomic E-state index is 8.14. The first-order valence-electron chi connectivity index (χ1n) is 11.9. The summed E-state index contributed by atoms with van der Waals surface area (Å²) < 4.78 is 7.94. The molecule has 3 rings (SSSR count). The Bertz CT molecular complexity index is 1300. The molecule has 35 heavy (non-hydrogen) atoms. The highest BCUT2D eigenvalue weighted by Crippen LogP contribution is 2.23. The fourth-order valence-corrected chi connectivity index (χ4v) is 3.76. The number of nitrogens with zero attached hydrogens (tertiary/aromatic N) is 3. The minimum atomic E-state index is 0.468. The molecule has 3 N–H and O–H groups in total. The zero-order valence-electron chi connectivity index (χ0n) is 21.0.